The van der Waals surface area contributed by atoms with E-state index in [1.165, 1.54) is 11.3 Å². The van der Waals surface area contributed by atoms with Gasteiger partial charge in [-0.15, -0.1) is 11.3 Å². The van der Waals surface area contributed by atoms with E-state index in [4.69, 9.17) is 26.8 Å². The number of benzene rings is 1. The van der Waals surface area contributed by atoms with Crippen LogP contribution in [0.1, 0.15) is 18.2 Å². The minimum Gasteiger partial charge on any atom is -0.495 e. The maximum absolute atomic E-state index is 13.3. The number of amidine groups is 1. The molecule has 3 N–H and O–H groups in total. The molecular formula is C21H22ClN3O4S2. The lowest BCUT2D eigenvalue weighted by atomic mass is 10.0. The van der Waals surface area contributed by atoms with Gasteiger partial charge >= 0.3 is 0 Å². The molecule has 31 heavy (non-hydrogen) atoms. The summed E-state index contributed by atoms with van der Waals surface area (Å²) in [6.45, 7) is 2.19. The summed E-state index contributed by atoms with van der Waals surface area (Å²) in [6, 6.07) is 9.68. The van der Waals surface area contributed by atoms with Gasteiger partial charge in [0.15, 0.2) is 14.6 Å². The lowest BCUT2D eigenvalue weighted by molar-refractivity contribution is 0.194. The molecule has 3 aromatic rings. The minimum atomic E-state index is -3.59. The number of fused-ring (bicyclic) bond motifs is 1. The van der Waals surface area contributed by atoms with Crippen molar-refractivity contribution < 1.29 is 17.9 Å². The monoisotopic (exact) mass is 479 g/mol. The summed E-state index contributed by atoms with van der Waals surface area (Å²) in [7, 11) is -1.96. The van der Waals surface area contributed by atoms with Crippen LogP contribution in [0.4, 0.5) is 0 Å². The lowest BCUT2D eigenvalue weighted by Gasteiger charge is -2.38. The molecule has 1 aromatic carbocycles. The number of hydrogen-bond acceptors (Lipinski definition) is 7. The Balaban J connectivity index is 1.60. The second-order valence-corrected chi connectivity index (χ2v) is 12.0. The van der Waals surface area contributed by atoms with Gasteiger partial charge in [-0.25, -0.2) is 8.42 Å². The van der Waals surface area contributed by atoms with Gasteiger partial charge in [-0.1, -0.05) is 23.7 Å². The third-order valence-electron chi connectivity index (χ3n) is 6.17. The molecule has 0 aliphatic carbocycles. The molecule has 1 fully saturated rings. The first-order valence-electron chi connectivity index (χ1n) is 9.81. The number of para-hydroxylation sites is 1. The second-order valence-electron chi connectivity index (χ2n) is 8.22. The Labute approximate surface area is 189 Å². The molecular weight excluding hydrogens is 458 g/mol. The van der Waals surface area contributed by atoms with Gasteiger partial charge in [0.2, 0.25) is 0 Å². The SMILES string of the molecule is COc1cccc2cc(-c3cc(Cl)c([C@]4(C)CS(=O)(=O)C5(CCOC5)C(N)=N4)s3)[nH]c12. The molecule has 0 radical (unpaired) electrons. The zero-order valence-electron chi connectivity index (χ0n) is 17.1. The fraction of sp³-hybridized carbons (Fsp3) is 0.381. The van der Waals surface area contributed by atoms with Crippen LogP contribution < -0.4 is 10.5 Å². The van der Waals surface area contributed by atoms with E-state index in [-0.39, 0.29) is 18.2 Å². The van der Waals surface area contributed by atoms with Crippen LogP contribution in [0.2, 0.25) is 5.02 Å². The molecule has 0 bridgehead atoms. The van der Waals surface area contributed by atoms with Gasteiger partial charge in [0.25, 0.3) is 0 Å². The van der Waals surface area contributed by atoms with Gasteiger partial charge in [-0.2, -0.15) is 0 Å². The van der Waals surface area contributed by atoms with Crippen LogP contribution in [0.15, 0.2) is 35.3 Å². The molecule has 2 atom stereocenters. The van der Waals surface area contributed by atoms with E-state index in [0.29, 0.717) is 22.9 Å². The normalized spacial score (nSPS) is 27.6. The van der Waals surface area contributed by atoms with Crippen molar-refractivity contribution in [3.05, 3.63) is 40.2 Å². The topological polar surface area (TPSA) is 107 Å². The Morgan fingerprint density at radius 3 is 2.84 bits per heavy atom. The number of nitrogens with one attached hydrogen (secondary N) is 1. The Kier molecular flexibility index (Phi) is 4.68. The first-order chi connectivity index (χ1) is 14.7. The standard InChI is InChI=1S/C21H22ClN3O4S2/c1-20(11-31(26,27)21(19(23)25-20)6-7-29-10-21)18-13(22)9-16(30-18)14-8-12-4-3-5-15(28-2)17(12)24-14/h3-5,8-9,24H,6-7,10-11H2,1-2H3,(H2,23,25)/t20-,21?/m0/s1. The molecule has 2 aromatic heterocycles. The highest BCUT2D eigenvalue weighted by Gasteiger charge is 2.57. The van der Waals surface area contributed by atoms with E-state index in [1.807, 2.05) is 30.3 Å². The second kappa shape index (κ2) is 6.96. The fourth-order valence-electron chi connectivity index (χ4n) is 4.48. The lowest BCUT2D eigenvalue weighted by Crippen LogP contribution is -2.58. The molecule has 7 nitrogen and oxygen atoms in total. The zero-order chi connectivity index (χ0) is 22.0. The molecule has 10 heteroatoms. The third kappa shape index (κ3) is 3.01. The highest BCUT2D eigenvalue weighted by Crippen LogP contribution is 2.47. The number of methoxy groups -OCH3 is 1. The van der Waals surface area contributed by atoms with Gasteiger partial charge < -0.3 is 20.2 Å². The van der Waals surface area contributed by atoms with Crippen molar-refractivity contribution >= 4 is 49.5 Å². The molecule has 164 valence electrons. The van der Waals surface area contributed by atoms with Crippen molar-refractivity contribution in [3.8, 4) is 16.3 Å². The Morgan fingerprint density at radius 1 is 1.35 bits per heavy atom. The Hall–Kier alpha value is -2.07. The van der Waals surface area contributed by atoms with Crippen LogP contribution in [0, 0.1) is 0 Å². The van der Waals surface area contributed by atoms with E-state index in [9.17, 15) is 8.42 Å². The smallest absolute Gasteiger partial charge is 0.168 e. The maximum Gasteiger partial charge on any atom is 0.168 e. The van der Waals surface area contributed by atoms with Crippen LogP contribution in [-0.2, 0) is 20.1 Å². The fourth-order valence-corrected chi connectivity index (χ4v) is 8.42. The number of ether oxygens (including phenoxy) is 2. The van der Waals surface area contributed by atoms with Crippen molar-refractivity contribution in [1.29, 1.82) is 0 Å². The largest absolute Gasteiger partial charge is 0.495 e. The first kappa shape index (κ1) is 20.8. The molecule has 2 aliphatic heterocycles. The minimum absolute atomic E-state index is 0.0566. The number of H-pyrrole nitrogens is 1. The van der Waals surface area contributed by atoms with Crippen molar-refractivity contribution in [3.63, 3.8) is 0 Å². The van der Waals surface area contributed by atoms with Crippen molar-refractivity contribution in [2.24, 2.45) is 10.7 Å². The number of halogens is 1. The molecule has 0 saturated carbocycles. The summed E-state index contributed by atoms with van der Waals surface area (Å²) in [5.41, 5.74) is 6.96. The van der Waals surface area contributed by atoms with Crippen molar-refractivity contribution in [2.75, 3.05) is 26.1 Å². The van der Waals surface area contributed by atoms with E-state index in [0.717, 1.165) is 27.2 Å². The number of thiophene rings is 1. The summed E-state index contributed by atoms with van der Waals surface area (Å²) < 4.78 is 36.2. The first-order valence-corrected chi connectivity index (χ1v) is 12.7. The third-order valence-corrected chi connectivity index (χ3v) is 10.7. The molecule has 1 spiro atoms. The summed E-state index contributed by atoms with van der Waals surface area (Å²) >= 11 is 8.03. The van der Waals surface area contributed by atoms with Gasteiger partial charge in [-0.3, -0.25) is 4.99 Å². The van der Waals surface area contributed by atoms with Crippen molar-refractivity contribution in [1.82, 2.24) is 4.98 Å². The number of hydrogen-bond donors (Lipinski definition) is 2. The van der Waals surface area contributed by atoms with Gasteiger partial charge in [0.05, 0.1) is 45.5 Å². The summed E-state index contributed by atoms with van der Waals surface area (Å²) in [5, 5.41) is 1.48. The van der Waals surface area contributed by atoms with Gasteiger partial charge in [0, 0.05) is 12.0 Å². The molecule has 2 aliphatic rings. The number of rotatable bonds is 3. The number of aromatic amines is 1. The van der Waals surface area contributed by atoms with Crippen LogP contribution >= 0.6 is 22.9 Å². The molecule has 0 amide bonds. The van der Waals surface area contributed by atoms with E-state index in [1.54, 1.807) is 14.0 Å². The predicted octanol–water partition coefficient (Wildman–Crippen LogP) is 3.72. The maximum atomic E-state index is 13.3. The number of nitrogens with two attached hydrogens (primary N) is 1. The highest BCUT2D eigenvalue weighted by molar-refractivity contribution is 7.93. The number of sulfone groups is 1. The van der Waals surface area contributed by atoms with E-state index >= 15 is 0 Å². The Morgan fingerprint density at radius 2 is 2.16 bits per heavy atom. The predicted molar refractivity (Wildman–Crippen MR) is 124 cm³/mol. The number of aromatic nitrogens is 1. The molecule has 5 rings (SSSR count). The average Bonchev–Trinajstić information content (AvgIpc) is 3.44. The van der Waals surface area contributed by atoms with Crippen LogP contribution in [0.25, 0.3) is 21.5 Å². The zero-order valence-corrected chi connectivity index (χ0v) is 19.5. The van der Waals surface area contributed by atoms with Crippen LogP contribution in [-0.4, -0.2) is 50.1 Å². The highest BCUT2D eigenvalue weighted by atomic mass is 35.5. The molecule has 1 unspecified atom stereocenters. The van der Waals surface area contributed by atoms with Crippen LogP contribution in [0.3, 0.4) is 0 Å². The van der Waals surface area contributed by atoms with Crippen LogP contribution in [0.5, 0.6) is 5.75 Å². The van der Waals surface area contributed by atoms with Gasteiger partial charge in [0.1, 0.15) is 17.1 Å². The summed E-state index contributed by atoms with van der Waals surface area (Å²) in [5.74, 6) is 0.697. The van der Waals surface area contributed by atoms with E-state index < -0.39 is 20.1 Å². The average molecular weight is 480 g/mol. The van der Waals surface area contributed by atoms with Crippen molar-refractivity contribution in [2.45, 2.75) is 23.6 Å². The molecule has 4 heterocycles. The summed E-state index contributed by atoms with van der Waals surface area (Å²) in [4.78, 5) is 9.63. The quantitative estimate of drug-likeness (QED) is 0.595. The van der Waals surface area contributed by atoms with Gasteiger partial charge in [-0.05, 0) is 31.5 Å². The number of aliphatic imine (C=N–C) groups is 1. The summed E-state index contributed by atoms with van der Waals surface area (Å²) in [6.07, 6.45) is 0.334. The molecule has 1 saturated heterocycles. The van der Waals surface area contributed by atoms with E-state index in [2.05, 4.69) is 9.98 Å². The Bertz CT molecular complexity index is 1320. The number of nitrogens with zero attached hydrogens (tertiary/aromatic N) is 1.